The van der Waals surface area contributed by atoms with Crippen LogP contribution in [0.3, 0.4) is 0 Å². The zero-order valence-corrected chi connectivity index (χ0v) is 16.4. The van der Waals surface area contributed by atoms with Gasteiger partial charge in [-0.2, -0.15) is 0 Å². The first kappa shape index (κ1) is 18.7. The summed E-state index contributed by atoms with van der Waals surface area (Å²) in [6.07, 6.45) is 0.815. The molecule has 1 N–H and O–H groups in total. The van der Waals surface area contributed by atoms with Crippen LogP contribution in [0, 0.1) is 5.41 Å². The van der Waals surface area contributed by atoms with Crippen LogP contribution >= 0.6 is 23.2 Å². The van der Waals surface area contributed by atoms with Crippen LogP contribution in [-0.4, -0.2) is 18.4 Å². The Balaban J connectivity index is 1.85. The summed E-state index contributed by atoms with van der Waals surface area (Å²) in [7, 11) is 0. The topological polar surface area (TPSA) is 49.4 Å². The third-order valence-electron chi connectivity index (χ3n) is 4.25. The highest BCUT2D eigenvalue weighted by Gasteiger charge is 2.32. The number of halogens is 2. The van der Waals surface area contributed by atoms with Crippen molar-refractivity contribution in [3.63, 3.8) is 0 Å². The lowest BCUT2D eigenvalue weighted by Crippen LogP contribution is -2.38. The van der Waals surface area contributed by atoms with Crippen LogP contribution < -0.4 is 10.2 Å². The minimum Gasteiger partial charge on any atom is -0.322 e. The molecule has 4 nitrogen and oxygen atoms in total. The molecule has 0 aromatic heterocycles. The molecule has 6 heteroatoms. The number of nitrogens with zero attached hydrogens (tertiary/aromatic N) is 1. The molecule has 2 aromatic rings. The third-order valence-corrected chi connectivity index (χ3v) is 4.69. The van der Waals surface area contributed by atoms with Crippen LogP contribution in [0.2, 0.25) is 10.0 Å². The van der Waals surface area contributed by atoms with Crippen LogP contribution in [0.15, 0.2) is 36.4 Å². The van der Waals surface area contributed by atoms with Crippen LogP contribution in [0.25, 0.3) is 0 Å². The fourth-order valence-electron chi connectivity index (χ4n) is 2.96. The molecule has 1 aliphatic heterocycles. The molecule has 3 rings (SSSR count). The van der Waals surface area contributed by atoms with Crippen molar-refractivity contribution in [1.82, 2.24) is 0 Å². The maximum absolute atomic E-state index is 12.7. The van der Waals surface area contributed by atoms with Crippen molar-refractivity contribution < 1.29 is 9.59 Å². The van der Waals surface area contributed by atoms with Gasteiger partial charge in [0, 0.05) is 38.9 Å². The highest BCUT2D eigenvalue weighted by molar-refractivity contribution is 6.35. The summed E-state index contributed by atoms with van der Waals surface area (Å²) < 4.78 is 0. The average molecular weight is 391 g/mol. The monoisotopic (exact) mass is 390 g/mol. The number of amides is 2. The Hall–Kier alpha value is -2.04. The molecule has 26 heavy (non-hydrogen) atoms. The summed E-state index contributed by atoms with van der Waals surface area (Å²) in [5.74, 6) is -0.234. The van der Waals surface area contributed by atoms with Gasteiger partial charge in [0.2, 0.25) is 5.91 Å². The second-order valence-corrected chi connectivity index (χ2v) is 8.29. The van der Waals surface area contributed by atoms with Crippen molar-refractivity contribution >= 4 is 46.4 Å². The van der Waals surface area contributed by atoms with E-state index in [1.54, 1.807) is 23.1 Å². The molecule has 0 aliphatic carbocycles. The molecule has 0 unspecified atom stereocenters. The van der Waals surface area contributed by atoms with E-state index in [9.17, 15) is 9.59 Å². The fraction of sp³-hybridized carbons (Fsp3) is 0.300. The van der Waals surface area contributed by atoms with Crippen LogP contribution in [-0.2, 0) is 11.2 Å². The van der Waals surface area contributed by atoms with Crippen molar-refractivity contribution in [1.29, 1.82) is 0 Å². The van der Waals surface area contributed by atoms with E-state index in [2.05, 4.69) is 5.32 Å². The van der Waals surface area contributed by atoms with Gasteiger partial charge < -0.3 is 10.2 Å². The van der Waals surface area contributed by atoms with Crippen LogP contribution in [0.1, 0.15) is 36.7 Å². The van der Waals surface area contributed by atoms with Gasteiger partial charge in [0.15, 0.2) is 0 Å². The number of benzene rings is 2. The maximum atomic E-state index is 12.7. The van der Waals surface area contributed by atoms with Gasteiger partial charge in [0.1, 0.15) is 0 Å². The zero-order valence-electron chi connectivity index (χ0n) is 14.9. The molecule has 1 heterocycles. The van der Waals surface area contributed by atoms with Gasteiger partial charge in [-0.15, -0.1) is 0 Å². The molecule has 0 bridgehead atoms. The highest BCUT2D eigenvalue weighted by atomic mass is 35.5. The van der Waals surface area contributed by atoms with Crippen molar-refractivity contribution in [3.05, 3.63) is 57.6 Å². The Morgan fingerprint density at radius 3 is 2.31 bits per heavy atom. The van der Waals surface area contributed by atoms with Gasteiger partial charge >= 0.3 is 0 Å². The summed E-state index contributed by atoms with van der Waals surface area (Å²) in [6, 6.07) is 10.3. The average Bonchev–Trinajstić information content (AvgIpc) is 2.95. The number of carbonyl (C=O) groups excluding carboxylic acids is 2. The lowest BCUT2D eigenvalue weighted by atomic mass is 9.94. The minimum atomic E-state index is -0.460. The number of hydrogen-bond acceptors (Lipinski definition) is 2. The van der Waals surface area contributed by atoms with Gasteiger partial charge in [0.25, 0.3) is 5.91 Å². The molecule has 0 radical (unpaired) electrons. The Kier molecular flexibility index (Phi) is 5.00. The Morgan fingerprint density at radius 1 is 1.04 bits per heavy atom. The van der Waals surface area contributed by atoms with E-state index in [0.29, 0.717) is 27.8 Å². The smallest absolute Gasteiger partial charge is 0.255 e. The zero-order chi connectivity index (χ0) is 19.1. The number of fused-ring (bicyclic) bond motifs is 1. The normalized spacial score (nSPS) is 13.5. The first-order chi connectivity index (χ1) is 12.1. The lowest BCUT2D eigenvalue weighted by molar-refractivity contribution is -0.125. The number of anilines is 2. The fourth-order valence-corrected chi connectivity index (χ4v) is 3.49. The largest absolute Gasteiger partial charge is 0.322 e. The van der Waals surface area contributed by atoms with E-state index in [1.165, 1.54) is 0 Å². The SMILES string of the molecule is CC(C)(C)C(=O)N1CCc2ccc(NC(=O)c3cc(Cl)cc(Cl)c3)cc21. The molecular weight excluding hydrogens is 371 g/mol. The standard InChI is InChI=1S/C20H20Cl2N2O2/c1-20(2,3)19(26)24-7-6-12-4-5-16(11-17(12)24)23-18(25)13-8-14(21)10-15(22)9-13/h4-5,8-11H,6-7H2,1-3H3,(H,23,25). The van der Waals surface area contributed by atoms with Crippen molar-refractivity contribution in [2.45, 2.75) is 27.2 Å². The molecule has 2 amide bonds. The predicted molar refractivity (Wildman–Crippen MR) is 106 cm³/mol. The molecular formula is C20H20Cl2N2O2. The second-order valence-electron chi connectivity index (χ2n) is 7.41. The van der Waals surface area contributed by atoms with Gasteiger partial charge in [-0.1, -0.05) is 50.0 Å². The van der Waals surface area contributed by atoms with E-state index in [1.807, 2.05) is 39.0 Å². The first-order valence-electron chi connectivity index (χ1n) is 8.37. The van der Waals surface area contributed by atoms with Crippen LogP contribution in [0.5, 0.6) is 0 Å². The van der Waals surface area contributed by atoms with Crippen LogP contribution in [0.4, 0.5) is 11.4 Å². The Labute approximate surface area is 163 Å². The summed E-state index contributed by atoms with van der Waals surface area (Å²) in [5.41, 5.74) is 2.50. The molecule has 0 saturated heterocycles. The van der Waals surface area contributed by atoms with E-state index in [-0.39, 0.29) is 11.8 Å². The number of nitrogens with one attached hydrogen (secondary N) is 1. The van der Waals surface area contributed by atoms with Crippen molar-refractivity contribution in [2.24, 2.45) is 5.41 Å². The number of rotatable bonds is 2. The van der Waals surface area contributed by atoms with Crippen molar-refractivity contribution in [2.75, 3.05) is 16.8 Å². The van der Waals surface area contributed by atoms with E-state index < -0.39 is 5.41 Å². The summed E-state index contributed by atoms with van der Waals surface area (Å²) in [5, 5.41) is 3.65. The quantitative estimate of drug-likeness (QED) is 0.767. The molecule has 2 aromatic carbocycles. The summed E-state index contributed by atoms with van der Waals surface area (Å²) >= 11 is 11.9. The highest BCUT2D eigenvalue weighted by Crippen LogP contribution is 2.34. The lowest BCUT2D eigenvalue weighted by Gasteiger charge is -2.26. The maximum Gasteiger partial charge on any atom is 0.255 e. The molecule has 136 valence electrons. The number of hydrogen-bond donors (Lipinski definition) is 1. The van der Waals surface area contributed by atoms with Gasteiger partial charge in [-0.3, -0.25) is 9.59 Å². The summed E-state index contributed by atoms with van der Waals surface area (Å²) in [4.78, 5) is 26.9. The summed E-state index contributed by atoms with van der Waals surface area (Å²) in [6.45, 7) is 6.37. The molecule has 0 fully saturated rings. The molecule has 0 spiro atoms. The predicted octanol–water partition coefficient (Wildman–Crippen LogP) is 5.18. The molecule has 0 atom stereocenters. The molecule has 0 saturated carbocycles. The number of carbonyl (C=O) groups is 2. The minimum absolute atomic E-state index is 0.0707. The van der Waals surface area contributed by atoms with Gasteiger partial charge in [-0.25, -0.2) is 0 Å². The van der Waals surface area contributed by atoms with E-state index in [4.69, 9.17) is 23.2 Å². The van der Waals surface area contributed by atoms with Gasteiger partial charge in [-0.05, 0) is 42.3 Å². The van der Waals surface area contributed by atoms with Gasteiger partial charge in [0.05, 0.1) is 0 Å². The van der Waals surface area contributed by atoms with Crippen molar-refractivity contribution in [3.8, 4) is 0 Å². The molecule has 1 aliphatic rings. The Morgan fingerprint density at radius 2 is 1.69 bits per heavy atom. The van der Waals surface area contributed by atoms with E-state index >= 15 is 0 Å². The second kappa shape index (κ2) is 6.93. The first-order valence-corrected chi connectivity index (χ1v) is 9.13. The van der Waals surface area contributed by atoms with E-state index in [0.717, 1.165) is 17.7 Å². The third kappa shape index (κ3) is 3.87. The Bertz CT molecular complexity index is 868.